The second-order valence-corrected chi connectivity index (χ2v) is 4.25. The molecule has 1 fully saturated rings. The fourth-order valence-electron chi connectivity index (χ4n) is 2.03. The van der Waals surface area contributed by atoms with Gasteiger partial charge in [0.25, 0.3) is 0 Å². The third-order valence-corrected chi connectivity index (χ3v) is 3.01. The summed E-state index contributed by atoms with van der Waals surface area (Å²) in [6.45, 7) is 1.47. The zero-order valence-electron chi connectivity index (χ0n) is 10.5. The van der Waals surface area contributed by atoms with Crippen LogP contribution >= 0.6 is 0 Å². The normalized spacial score (nSPS) is 18.3. The Morgan fingerprint density at radius 2 is 2.33 bits per heavy atom. The summed E-state index contributed by atoms with van der Waals surface area (Å²) in [6, 6.07) is 7.25. The number of hydrogen-bond donors (Lipinski definition) is 0. The van der Waals surface area contributed by atoms with E-state index in [4.69, 9.17) is 19.5 Å². The summed E-state index contributed by atoms with van der Waals surface area (Å²) in [7, 11) is 1.57. The van der Waals surface area contributed by atoms with Crippen LogP contribution in [-0.4, -0.2) is 26.4 Å². The Bertz CT molecular complexity index is 433. The molecule has 18 heavy (non-hydrogen) atoms. The Labute approximate surface area is 107 Å². The van der Waals surface area contributed by atoms with Gasteiger partial charge in [0.1, 0.15) is 0 Å². The molecule has 0 saturated carbocycles. The molecule has 0 amide bonds. The van der Waals surface area contributed by atoms with Crippen molar-refractivity contribution in [2.75, 3.05) is 20.3 Å². The Balaban J connectivity index is 1.90. The van der Waals surface area contributed by atoms with Crippen molar-refractivity contribution in [1.82, 2.24) is 0 Å². The minimum absolute atomic E-state index is 0.328. The maximum atomic E-state index is 8.81. The van der Waals surface area contributed by atoms with E-state index in [1.54, 1.807) is 25.3 Å². The van der Waals surface area contributed by atoms with Crippen LogP contribution in [0.3, 0.4) is 0 Å². The first-order chi connectivity index (χ1) is 8.83. The van der Waals surface area contributed by atoms with E-state index < -0.39 is 0 Å². The largest absolute Gasteiger partial charge is 0.493 e. The SMILES string of the molecule is COc1cc(C#N)ccc1OCCC1CCCO1. The van der Waals surface area contributed by atoms with E-state index in [0.29, 0.717) is 29.8 Å². The van der Waals surface area contributed by atoms with E-state index in [1.165, 1.54) is 0 Å². The summed E-state index contributed by atoms with van der Waals surface area (Å²) in [5.41, 5.74) is 0.568. The fourth-order valence-corrected chi connectivity index (χ4v) is 2.03. The van der Waals surface area contributed by atoms with Gasteiger partial charge in [0.05, 0.1) is 31.5 Å². The van der Waals surface area contributed by atoms with Crippen molar-refractivity contribution >= 4 is 0 Å². The molecule has 1 aliphatic rings. The number of nitrogens with zero attached hydrogens (tertiary/aromatic N) is 1. The Morgan fingerprint density at radius 1 is 1.44 bits per heavy atom. The Hall–Kier alpha value is -1.73. The van der Waals surface area contributed by atoms with Gasteiger partial charge in [0, 0.05) is 19.1 Å². The van der Waals surface area contributed by atoms with Crippen molar-refractivity contribution < 1.29 is 14.2 Å². The minimum Gasteiger partial charge on any atom is -0.493 e. The molecule has 0 spiro atoms. The summed E-state index contributed by atoms with van der Waals surface area (Å²) < 4.78 is 16.4. The lowest BCUT2D eigenvalue weighted by Gasteiger charge is -2.13. The standard InChI is InChI=1S/C14H17NO3/c1-16-14-9-11(10-15)4-5-13(14)18-8-6-12-3-2-7-17-12/h4-5,9,12H,2-3,6-8H2,1H3. The van der Waals surface area contributed by atoms with Crippen molar-refractivity contribution in [2.24, 2.45) is 0 Å². The van der Waals surface area contributed by atoms with E-state index in [-0.39, 0.29) is 0 Å². The highest BCUT2D eigenvalue weighted by Crippen LogP contribution is 2.28. The van der Waals surface area contributed by atoms with Crippen LogP contribution in [0.25, 0.3) is 0 Å². The van der Waals surface area contributed by atoms with Gasteiger partial charge in [-0.25, -0.2) is 0 Å². The number of rotatable bonds is 5. The lowest BCUT2D eigenvalue weighted by molar-refractivity contribution is 0.0899. The highest BCUT2D eigenvalue weighted by molar-refractivity contribution is 5.46. The molecule has 1 saturated heterocycles. The first-order valence-electron chi connectivity index (χ1n) is 6.16. The third kappa shape index (κ3) is 3.14. The molecule has 96 valence electrons. The second-order valence-electron chi connectivity index (χ2n) is 4.25. The van der Waals surface area contributed by atoms with Crippen LogP contribution in [0.1, 0.15) is 24.8 Å². The van der Waals surface area contributed by atoms with Crippen LogP contribution in [0.4, 0.5) is 0 Å². The van der Waals surface area contributed by atoms with E-state index in [9.17, 15) is 0 Å². The molecule has 1 aliphatic heterocycles. The third-order valence-electron chi connectivity index (χ3n) is 3.01. The lowest BCUT2D eigenvalue weighted by Crippen LogP contribution is -2.11. The monoisotopic (exact) mass is 247 g/mol. The first kappa shape index (κ1) is 12.7. The summed E-state index contributed by atoms with van der Waals surface area (Å²) in [6.07, 6.45) is 3.48. The molecule has 0 aromatic heterocycles. The van der Waals surface area contributed by atoms with Crippen molar-refractivity contribution in [3.63, 3.8) is 0 Å². The average Bonchev–Trinajstić information content (AvgIpc) is 2.92. The second kappa shape index (κ2) is 6.27. The highest BCUT2D eigenvalue weighted by Gasteiger charge is 2.15. The molecule has 1 aromatic carbocycles. The zero-order chi connectivity index (χ0) is 12.8. The van der Waals surface area contributed by atoms with Crippen LogP contribution in [0.5, 0.6) is 11.5 Å². The van der Waals surface area contributed by atoms with Gasteiger partial charge >= 0.3 is 0 Å². The maximum Gasteiger partial charge on any atom is 0.162 e. The summed E-state index contributed by atoms with van der Waals surface area (Å²) >= 11 is 0. The molecule has 1 unspecified atom stereocenters. The van der Waals surface area contributed by atoms with Crippen LogP contribution in [0, 0.1) is 11.3 Å². The molecule has 1 atom stereocenters. The zero-order valence-corrected chi connectivity index (χ0v) is 10.5. The molecule has 0 aliphatic carbocycles. The molecule has 0 bridgehead atoms. The van der Waals surface area contributed by atoms with E-state index >= 15 is 0 Å². The minimum atomic E-state index is 0.328. The predicted molar refractivity (Wildman–Crippen MR) is 66.8 cm³/mol. The van der Waals surface area contributed by atoms with Crippen molar-refractivity contribution in [1.29, 1.82) is 5.26 Å². The number of ether oxygens (including phenoxy) is 3. The van der Waals surface area contributed by atoms with Gasteiger partial charge in [-0.05, 0) is 25.0 Å². The molecule has 1 heterocycles. The molecular formula is C14H17NO3. The van der Waals surface area contributed by atoms with Crippen molar-refractivity contribution in [3.05, 3.63) is 23.8 Å². The summed E-state index contributed by atoms with van der Waals surface area (Å²) in [4.78, 5) is 0. The topological polar surface area (TPSA) is 51.5 Å². The van der Waals surface area contributed by atoms with Gasteiger partial charge in [-0.2, -0.15) is 5.26 Å². The number of methoxy groups -OCH3 is 1. The average molecular weight is 247 g/mol. The van der Waals surface area contributed by atoms with Crippen LogP contribution in [0.15, 0.2) is 18.2 Å². The van der Waals surface area contributed by atoms with Gasteiger partial charge in [0.2, 0.25) is 0 Å². The summed E-state index contributed by atoms with van der Waals surface area (Å²) in [5, 5.41) is 8.81. The fraction of sp³-hybridized carbons (Fsp3) is 0.500. The van der Waals surface area contributed by atoms with Gasteiger partial charge in [-0.3, -0.25) is 0 Å². The van der Waals surface area contributed by atoms with Crippen LogP contribution in [0.2, 0.25) is 0 Å². The van der Waals surface area contributed by atoms with E-state index in [2.05, 4.69) is 6.07 Å². The molecule has 0 radical (unpaired) electrons. The van der Waals surface area contributed by atoms with Crippen molar-refractivity contribution in [3.8, 4) is 17.6 Å². The van der Waals surface area contributed by atoms with Crippen LogP contribution in [-0.2, 0) is 4.74 Å². The van der Waals surface area contributed by atoms with Gasteiger partial charge < -0.3 is 14.2 Å². The van der Waals surface area contributed by atoms with Gasteiger partial charge in [-0.1, -0.05) is 0 Å². The number of benzene rings is 1. The van der Waals surface area contributed by atoms with E-state index in [0.717, 1.165) is 25.9 Å². The van der Waals surface area contributed by atoms with Crippen molar-refractivity contribution in [2.45, 2.75) is 25.4 Å². The van der Waals surface area contributed by atoms with Gasteiger partial charge in [-0.15, -0.1) is 0 Å². The molecule has 1 aromatic rings. The number of hydrogen-bond acceptors (Lipinski definition) is 4. The maximum absolute atomic E-state index is 8.81. The van der Waals surface area contributed by atoms with E-state index in [1.807, 2.05) is 0 Å². The molecule has 4 nitrogen and oxygen atoms in total. The predicted octanol–water partition coefficient (Wildman–Crippen LogP) is 2.51. The molecule has 4 heteroatoms. The molecule has 2 rings (SSSR count). The smallest absolute Gasteiger partial charge is 0.162 e. The Morgan fingerprint density at radius 3 is 3.00 bits per heavy atom. The summed E-state index contributed by atoms with van der Waals surface area (Å²) in [5.74, 6) is 1.27. The van der Waals surface area contributed by atoms with Crippen LogP contribution < -0.4 is 9.47 Å². The number of nitriles is 1. The molecular weight excluding hydrogens is 230 g/mol. The van der Waals surface area contributed by atoms with Gasteiger partial charge in [0.15, 0.2) is 11.5 Å². The molecule has 0 N–H and O–H groups in total. The lowest BCUT2D eigenvalue weighted by atomic mass is 10.2. The quantitative estimate of drug-likeness (QED) is 0.802. The highest BCUT2D eigenvalue weighted by atomic mass is 16.5. The Kier molecular flexibility index (Phi) is 4.43. The first-order valence-corrected chi connectivity index (χ1v) is 6.16.